The smallest absolute Gasteiger partial charge is 0.247 e. The van der Waals surface area contributed by atoms with Gasteiger partial charge in [-0.05, 0) is 32.3 Å². The van der Waals surface area contributed by atoms with Crippen LogP contribution in [0.5, 0.6) is 23.0 Å². The van der Waals surface area contributed by atoms with Crippen LogP contribution in [0.1, 0.15) is 0 Å². The van der Waals surface area contributed by atoms with Crippen LogP contribution in [-0.4, -0.2) is 88.4 Å². The van der Waals surface area contributed by atoms with Crippen molar-refractivity contribution in [3.8, 4) is 34.4 Å². The number of amides is 1. The molecule has 0 spiro atoms. The van der Waals surface area contributed by atoms with Gasteiger partial charge < -0.3 is 39.4 Å². The van der Waals surface area contributed by atoms with Gasteiger partial charge in [-0.15, -0.1) is 0 Å². The lowest BCUT2D eigenvalue weighted by Gasteiger charge is -2.26. The maximum Gasteiger partial charge on any atom is 0.247 e. The number of nitrogens with one attached hydrogen (secondary N) is 2. The first-order chi connectivity index (χ1) is 19.2. The zero-order valence-corrected chi connectivity index (χ0v) is 24.4. The van der Waals surface area contributed by atoms with Gasteiger partial charge in [-0.3, -0.25) is 4.79 Å². The summed E-state index contributed by atoms with van der Waals surface area (Å²) in [5.41, 5.74) is 2.28. The molecule has 3 aromatic rings. The van der Waals surface area contributed by atoms with Gasteiger partial charge in [0.15, 0.2) is 17.3 Å². The Morgan fingerprint density at radius 3 is 2.25 bits per heavy atom. The van der Waals surface area contributed by atoms with E-state index in [4.69, 9.17) is 30.5 Å². The number of rotatable bonds is 13. The third-order valence-corrected chi connectivity index (χ3v) is 6.26. The molecule has 0 bridgehead atoms. The van der Waals surface area contributed by atoms with Crippen LogP contribution >= 0.6 is 11.6 Å². The van der Waals surface area contributed by atoms with Crippen LogP contribution in [0.15, 0.2) is 37.2 Å². The van der Waals surface area contributed by atoms with Crippen molar-refractivity contribution in [1.29, 1.82) is 0 Å². The molecule has 0 unspecified atom stereocenters. The highest BCUT2D eigenvalue weighted by Gasteiger charge is 2.22. The molecular weight excluding hydrogens is 538 g/mol. The maximum absolute atomic E-state index is 12.2. The molecule has 0 aliphatic rings. The highest BCUT2D eigenvalue weighted by molar-refractivity contribution is 6.35. The van der Waals surface area contributed by atoms with E-state index in [9.17, 15) is 4.79 Å². The maximum atomic E-state index is 12.2. The number of nitrogens with zero attached hydrogens (tertiary/aromatic N) is 5. The molecule has 0 aliphatic carbocycles. The summed E-state index contributed by atoms with van der Waals surface area (Å²) in [7, 11) is 12.0. The molecule has 0 saturated carbocycles. The third kappa shape index (κ3) is 6.82. The van der Waals surface area contributed by atoms with Crippen molar-refractivity contribution in [3.05, 3.63) is 42.2 Å². The number of likely N-dealkylation sites (N-methyl/N-ethyl adjacent to an activating group) is 2. The van der Waals surface area contributed by atoms with Crippen LogP contribution in [0.4, 0.5) is 23.0 Å². The topological polar surface area (TPSA) is 123 Å². The number of hydrogen-bond donors (Lipinski definition) is 2. The molecular formula is C27H34ClN7O5. The molecule has 1 aromatic heterocycles. The zero-order valence-electron chi connectivity index (χ0n) is 23.7. The van der Waals surface area contributed by atoms with Gasteiger partial charge in [0, 0.05) is 31.8 Å². The van der Waals surface area contributed by atoms with Gasteiger partial charge >= 0.3 is 0 Å². The molecule has 40 heavy (non-hydrogen) atoms. The van der Waals surface area contributed by atoms with Crippen molar-refractivity contribution in [2.75, 3.05) is 78.2 Å². The average molecular weight is 572 g/mol. The SMILES string of the molecule is C=CC(=O)Nc1cc(Nc2ncnc(-c3cc(OC)c(OC)c(OC)c3Cl)n2)c(OC)cc1N(C)CCN(C)C. The molecule has 0 radical (unpaired) electrons. The van der Waals surface area contributed by atoms with Crippen LogP contribution in [0, 0.1) is 0 Å². The first kappa shape index (κ1) is 30.3. The van der Waals surface area contributed by atoms with Crippen molar-refractivity contribution in [2.45, 2.75) is 0 Å². The van der Waals surface area contributed by atoms with Crippen LogP contribution in [0.25, 0.3) is 11.4 Å². The van der Waals surface area contributed by atoms with Gasteiger partial charge in [-0.1, -0.05) is 18.2 Å². The molecule has 1 heterocycles. The standard InChI is InChI=1S/C27H34ClN7O5/c1-9-22(36)31-17-13-18(20(37-5)14-19(17)35(4)11-10-34(2)3)32-27-30-15-29-26(33-27)16-12-21(38-6)24(39-7)25(40-8)23(16)28/h9,12-15H,1,10-11H2,2-8H3,(H,31,36)(H,29,30,32,33). The summed E-state index contributed by atoms with van der Waals surface area (Å²) >= 11 is 6.63. The predicted molar refractivity (Wildman–Crippen MR) is 157 cm³/mol. The summed E-state index contributed by atoms with van der Waals surface area (Å²) in [5.74, 6) is 1.66. The normalized spacial score (nSPS) is 10.6. The number of ether oxygens (including phenoxy) is 4. The first-order valence-electron chi connectivity index (χ1n) is 12.1. The fourth-order valence-corrected chi connectivity index (χ4v) is 4.10. The van der Waals surface area contributed by atoms with Crippen molar-refractivity contribution < 1.29 is 23.7 Å². The Morgan fingerprint density at radius 2 is 1.65 bits per heavy atom. The average Bonchev–Trinajstić information content (AvgIpc) is 2.95. The molecule has 0 saturated heterocycles. The van der Waals surface area contributed by atoms with Gasteiger partial charge in [0.1, 0.15) is 12.1 Å². The van der Waals surface area contributed by atoms with Gasteiger partial charge in [-0.25, -0.2) is 9.97 Å². The van der Waals surface area contributed by atoms with E-state index in [2.05, 4.69) is 37.1 Å². The fraction of sp³-hybridized carbons (Fsp3) is 0.333. The summed E-state index contributed by atoms with van der Waals surface area (Å²) in [6.07, 6.45) is 2.56. The van der Waals surface area contributed by atoms with Gasteiger partial charge in [-0.2, -0.15) is 4.98 Å². The van der Waals surface area contributed by atoms with Crippen LogP contribution in [0.2, 0.25) is 5.02 Å². The summed E-state index contributed by atoms with van der Waals surface area (Å²) in [5, 5.41) is 6.27. The molecule has 1 amide bonds. The highest BCUT2D eigenvalue weighted by atomic mass is 35.5. The Labute approximate surface area is 238 Å². The summed E-state index contributed by atoms with van der Waals surface area (Å²) in [4.78, 5) is 29.4. The van der Waals surface area contributed by atoms with Crippen LogP contribution < -0.4 is 34.5 Å². The molecule has 0 atom stereocenters. The van der Waals surface area contributed by atoms with E-state index in [0.717, 1.165) is 12.2 Å². The summed E-state index contributed by atoms with van der Waals surface area (Å²) in [6, 6.07) is 5.23. The predicted octanol–water partition coefficient (Wildman–Crippen LogP) is 4.09. The van der Waals surface area contributed by atoms with Gasteiger partial charge in [0.25, 0.3) is 0 Å². The van der Waals surface area contributed by atoms with E-state index < -0.39 is 0 Å². The quantitative estimate of drug-likeness (QED) is 0.288. The Hall–Kier alpha value is -4.29. The molecule has 3 rings (SSSR count). The molecule has 0 fully saturated rings. The van der Waals surface area contributed by atoms with Crippen molar-refractivity contribution in [2.24, 2.45) is 0 Å². The number of aromatic nitrogens is 3. The van der Waals surface area contributed by atoms with Gasteiger partial charge in [0.05, 0.1) is 50.5 Å². The largest absolute Gasteiger partial charge is 0.494 e. The number of carbonyl (C=O) groups is 1. The molecule has 13 heteroatoms. The Bertz CT molecular complexity index is 1370. The third-order valence-electron chi connectivity index (χ3n) is 5.88. The minimum atomic E-state index is -0.349. The second-order valence-electron chi connectivity index (χ2n) is 8.75. The minimum absolute atomic E-state index is 0.211. The first-order valence-corrected chi connectivity index (χ1v) is 12.5. The molecule has 2 aromatic carbocycles. The molecule has 0 aliphatic heterocycles. The summed E-state index contributed by atoms with van der Waals surface area (Å²) in [6.45, 7) is 5.08. The fourth-order valence-electron chi connectivity index (χ4n) is 3.80. The molecule has 214 valence electrons. The highest BCUT2D eigenvalue weighted by Crippen LogP contribution is 2.47. The van der Waals surface area contributed by atoms with Crippen molar-refractivity contribution in [3.63, 3.8) is 0 Å². The summed E-state index contributed by atoms with van der Waals surface area (Å²) < 4.78 is 22.0. The van der Waals surface area contributed by atoms with E-state index in [1.165, 1.54) is 33.7 Å². The number of halogens is 1. The van der Waals surface area contributed by atoms with E-state index >= 15 is 0 Å². The number of hydrogen-bond acceptors (Lipinski definition) is 11. The monoisotopic (exact) mass is 571 g/mol. The van der Waals surface area contributed by atoms with E-state index in [-0.39, 0.29) is 28.5 Å². The second-order valence-corrected chi connectivity index (χ2v) is 9.13. The van der Waals surface area contributed by atoms with Crippen molar-refractivity contribution in [1.82, 2.24) is 19.9 Å². The second kappa shape index (κ2) is 13.7. The molecule has 12 nitrogen and oxygen atoms in total. The number of benzene rings is 2. The Kier molecular flexibility index (Phi) is 10.3. The lowest BCUT2D eigenvalue weighted by atomic mass is 10.1. The zero-order chi connectivity index (χ0) is 29.4. The van der Waals surface area contributed by atoms with Gasteiger partial charge in [0.2, 0.25) is 17.6 Å². The van der Waals surface area contributed by atoms with E-state index in [1.54, 1.807) is 19.2 Å². The van der Waals surface area contributed by atoms with E-state index in [0.29, 0.717) is 40.7 Å². The Balaban J connectivity index is 2.05. The lowest BCUT2D eigenvalue weighted by molar-refractivity contribution is -0.111. The number of methoxy groups -OCH3 is 4. The number of anilines is 4. The van der Waals surface area contributed by atoms with E-state index in [1.807, 2.05) is 32.1 Å². The van der Waals surface area contributed by atoms with Crippen molar-refractivity contribution >= 4 is 40.5 Å². The van der Waals surface area contributed by atoms with Crippen LogP contribution in [0.3, 0.4) is 0 Å². The number of carbonyl (C=O) groups excluding carboxylic acids is 1. The molecule has 2 N–H and O–H groups in total. The van der Waals surface area contributed by atoms with Crippen LogP contribution in [-0.2, 0) is 4.79 Å². The lowest BCUT2D eigenvalue weighted by Crippen LogP contribution is -2.29. The Morgan fingerprint density at radius 1 is 0.950 bits per heavy atom. The minimum Gasteiger partial charge on any atom is -0.494 e.